The van der Waals surface area contributed by atoms with Gasteiger partial charge >= 0.3 is 0 Å². The van der Waals surface area contributed by atoms with E-state index >= 15 is 0 Å². The van der Waals surface area contributed by atoms with Crippen molar-refractivity contribution in [1.82, 2.24) is 19.7 Å². The predicted octanol–water partition coefficient (Wildman–Crippen LogP) is 5.18. The first-order valence-electron chi connectivity index (χ1n) is 12.1. The van der Waals surface area contributed by atoms with Gasteiger partial charge in [0.1, 0.15) is 0 Å². The lowest BCUT2D eigenvalue weighted by Crippen LogP contribution is -2.48. The Morgan fingerprint density at radius 3 is 2.79 bits per heavy atom. The summed E-state index contributed by atoms with van der Waals surface area (Å²) in [6.07, 6.45) is 14.5. The average molecular weight is 439 g/mol. The third kappa shape index (κ3) is 3.55. The molecule has 1 N–H and O–H groups in total. The third-order valence-corrected chi connectivity index (χ3v) is 8.04. The number of pyridine rings is 2. The molecule has 0 spiro atoms. The van der Waals surface area contributed by atoms with Crippen LogP contribution in [0, 0.1) is 5.92 Å². The number of aromatic nitrogens is 4. The molecule has 1 fully saturated rings. The van der Waals surface area contributed by atoms with Crippen molar-refractivity contribution in [3.05, 3.63) is 84.1 Å². The second kappa shape index (κ2) is 7.77. The zero-order chi connectivity index (χ0) is 22.5. The zero-order valence-electron chi connectivity index (χ0n) is 19.1. The van der Waals surface area contributed by atoms with Crippen molar-refractivity contribution in [3.63, 3.8) is 0 Å². The highest BCUT2D eigenvalue weighted by molar-refractivity contribution is 5.82. The summed E-state index contributed by atoms with van der Waals surface area (Å²) in [5.41, 5.74) is 5.61. The van der Waals surface area contributed by atoms with Crippen molar-refractivity contribution < 1.29 is 5.11 Å². The predicted molar refractivity (Wildman–Crippen MR) is 129 cm³/mol. The summed E-state index contributed by atoms with van der Waals surface area (Å²) < 4.78 is 2.02. The second-order valence-electron chi connectivity index (χ2n) is 10.3. The van der Waals surface area contributed by atoms with Gasteiger partial charge in [-0.25, -0.2) is 4.68 Å². The molecule has 0 bridgehead atoms. The third-order valence-electron chi connectivity index (χ3n) is 8.04. The van der Waals surface area contributed by atoms with Crippen LogP contribution >= 0.6 is 0 Å². The molecule has 5 heteroatoms. The van der Waals surface area contributed by atoms with Crippen LogP contribution in [-0.4, -0.2) is 30.5 Å². The molecule has 3 heterocycles. The average Bonchev–Trinajstić information content (AvgIpc) is 3.18. The lowest BCUT2D eigenvalue weighted by atomic mass is 9.56. The summed E-state index contributed by atoms with van der Waals surface area (Å²) >= 11 is 0. The number of fused-ring (bicyclic) bond motifs is 4. The number of aryl methyl sites for hydroxylation is 1. The van der Waals surface area contributed by atoms with E-state index in [2.05, 4.69) is 29.2 Å². The molecule has 0 unspecified atom stereocenters. The largest absolute Gasteiger partial charge is 0.390 e. The molecule has 1 aromatic carbocycles. The van der Waals surface area contributed by atoms with Gasteiger partial charge < -0.3 is 5.11 Å². The maximum Gasteiger partial charge on any atom is 0.0744 e. The quantitative estimate of drug-likeness (QED) is 0.478. The van der Waals surface area contributed by atoms with Gasteiger partial charge in [-0.15, -0.1) is 0 Å². The Kier molecular flexibility index (Phi) is 4.84. The summed E-state index contributed by atoms with van der Waals surface area (Å²) in [4.78, 5) is 8.88. The van der Waals surface area contributed by atoms with E-state index in [1.807, 2.05) is 54.6 Å². The van der Waals surface area contributed by atoms with Gasteiger partial charge in [0.05, 0.1) is 23.0 Å². The molecule has 3 aromatic heterocycles. The van der Waals surface area contributed by atoms with E-state index in [-0.39, 0.29) is 5.41 Å². The van der Waals surface area contributed by atoms with E-state index in [1.54, 1.807) is 0 Å². The number of rotatable bonds is 3. The molecule has 0 radical (unpaired) electrons. The van der Waals surface area contributed by atoms with Crippen LogP contribution in [0.4, 0.5) is 0 Å². The van der Waals surface area contributed by atoms with Crippen molar-refractivity contribution in [3.8, 4) is 5.69 Å². The lowest BCUT2D eigenvalue weighted by Gasteiger charge is -2.49. The van der Waals surface area contributed by atoms with Crippen molar-refractivity contribution in [2.45, 2.75) is 62.9 Å². The molecule has 4 aromatic rings. The SMILES string of the molecule is C[C@]1(O)CC[C@]2(Cc3ccccn3)c3cc4cnn(-c5ccncc5)c4cc3CCC[C@@H]2C1. The monoisotopic (exact) mass is 438 g/mol. The van der Waals surface area contributed by atoms with Crippen LogP contribution in [0.25, 0.3) is 16.6 Å². The Balaban J connectivity index is 1.53. The maximum absolute atomic E-state index is 11.0. The van der Waals surface area contributed by atoms with E-state index in [4.69, 9.17) is 10.1 Å². The number of hydrogen-bond donors (Lipinski definition) is 1. The smallest absolute Gasteiger partial charge is 0.0744 e. The minimum atomic E-state index is -0.584. The molecular formula is C28H30N4O. The molecule has 2 aliphatic rings. The van der Waals surface area contributed by atoms with Gasteiger partial charge in [-0.2, -0.15) is 5.10 Å². The van der Waals surface area contributed by atoms with Crippen molar-refractivity contribution in [2.75, 3.05) is 0 Å². The molecule has 6 rings (SSSR count). The molecule has 5 nitrogen and oxygen atoms in total. The minimum Gasteiger partial charge on any atom is -0.390 e. The molecule has 0 saturated heterocycles. The van der Waals surface area contributed by atoms with Crippen LogP contribution in [0.15, 0.2) is 67.3 Å². The van der Waals surface area contributed by atoms with E-state index in [9.17, 15) is 5.11 Å². The summed E-state index contributed by atoms with van der Waals surface area (Å²) in [7, 11) is 0. The normalized spacial score (nSPS) is 27.0. The first-order valence-corrected chi connectivity index (χ1v) is 12.1. The molecule has 1 saturated carbocycles. The Morgan fingerprint density at radius 2 is 1.97 bits per heavy atom. The Labute approximate surface area is 194 Å². The molecule has 0 amide bonds. The van der Waals surface area contributed by atoms with Crippen LogP contribution in [-0.2, 0) is 18.3 Å². The highest BCUT2D eigenvalue weighted by Crippen LogP contribution is 2.53. The summed E-state index contributed by atoms with van der Waals surface area (Å²) in [6.45, 7) is 2.02. The van der Waals surface area contributed by atoms with E-state index in [0.29, 0.717) is 5.92 Å². The van der Waals surface area contributed by atoms with Crippen molar-refractivity contribution >= 4 is 10.9 Å². The Hall–Kier alpha value is -3.05. The fraction of sp³-hybridized carbons (Fsp3) is 0.393. The van der Waals surface area contributed by atoms with Gasteiger partial charge in [0.25, 0.3) is 0 Å². The fourth-order valence-electron chi connectivity index (χ4n) is 6.43. The summed E-state index contributed by atoms with van der Waals surface area (Å²) in [6, 6.07) is 15.0. The first kappa shape index (κ1) is 20.5. The molecule has 33 heavy (non-hydrogen) atoms. The minimum absolute atomic E-state index is 0.00458. The van der Waals surface area contributed by atoms with Crippen molar-refractivity contribution in [1.29, 1.82) is 0 Å². The summed E-state index contributed by atoms with van der Waals surface area (Å²) in [5.74, 6) is 0.442. The second-order valence-corrected chi connectivity index (χ2v) is 10.3. The molecule has 2 aliphatic carbocycles. The van der Waals surface area contributed by atoms with Gasteiger partial charge in [-0.1, -0.05) is 6.07 Å². The number of benzene rings is 1. The van der Waals surface area contributed by atoms with E-state index in [0.717, 1.165) is 61.8 Å². The van der Waals surface area contributed by atoms with E-state index in [1.165, 1.54) is 16.5 Å². The topological polar surface area (TPSA) is 63.8 Å². The molecule has 0 aliphatic heterocycles. The van der Waals surface area contributed by atoms with Gasteiger partial charge in [-0.3, -0.25) is 9.97 Å². The fourth-order valence-corrected chi connectivity index (χ4v) is 6.43. The molecule has 168 valence electrons. The van der Waals surface area contributed by atoms with Crippen molar-refractivity contribution in [2.24, 2.45) is 5.92 Å². The number of hydrogen-bond acceptors (Lipinski definition) is 4. The summed E-state index contributed by atoms with van der Waals surface area (Å²) in [5, 5.41) is 16.9. The highest BCUT2D eigenvalue weighted by atomic mass is 16.3. The molecule has 3 atom stereocenters. The number of aliphatic hydroxyl groups is 1. The van der Waals surface area contributed by atoms with Crippen LogP contribution in [0.3, 0.4) is 0 Å². The van der Waals surface area contributed by atoms with Gasteiger partial charge in [0.2, 0.25) is 0 Å². The standard InChI is InChI=1S/C28H30N4O/c1-27(33)10-11-28(18-23-7-2-3-12-30-23)22(17-27)6-4-5-20-16-26-21(15-25(20)28)19-31-32(26)24-8-13-29-14-9-24/h2-3,7-9,12-16,19,22,33H,4-6,10-11,17-18H2,1H3/t22-,27+,28-/m1/s1. The zero-order valence-corrected chi connectivity index (χ0v) is 19.1. The highest BCUT2D eigenvalue weighted by Gasteiger charge is 2.49. The van der Waals surface area contributed by atoms with Crippen LogP contribution in [0.2, 0.25) is 0 Å². The Bertz CT molecular complexity index is 1280. The van der Waals surface area contributed by atoms with Crippen LogP contribution < -0.4 is 0 Å². The van der Waals surface area contributed by atoms with Crippen LogP contribution in [0.1, 0.15) is 55.8 Å². The lowest BCUT2D eigenvalue weighted by molar-refractivity contribution is -0.0332. The van der Waals surface area contributed by atoms with Gasteiger partial charge in [-0.05, 0) is 105 Å². The van der Waals surface area contributed by atoms with E-state index < -0.39 is 5.60 Å². The molecular weight excluding hydrogens is 408 g/mol. The van der Waals surface area contributed by atoms with Crippen LogP contribution in [0.5, 0.6) is 0 Å². The number of nitrogens with zero attached hydrogens (tertiary/aromatic N) is 4. The Morgan fingerprint density at radius 1 is 1.09 bits per heavy atom. The first-order chi connectivity index (χ1) is 16.0. The van der Waals surface area contributed by atoms with Gasteiger partial charge in [0, 0.05) is 35.1 Å². The maximum atomic E-state index is 11.0. The van der Waals surface area contributed by atoms with Gasteiger partial charge in [0.15, 0.2) is 0 Å².